The van der Waals surface area contributed by atoms with Gasteiger partial charge in [-0.3, -0.25) is 9.59 Å². The van der Waals surface area contributed by atoms with Gasteiger partial charge in [0.05, 0.1) is 4.88 Å². The number of ketones is 1. The monoisotopic (exact) mass is 233 g/mol. The topological polar surface area (TPSA) is 39.1 Å². The van der Waals surface area contributed by atoms with Crippen LogP contribution < -0.4 is 0 Å². The maximum atomic E-state index is 12.1. The van der Waals surface area contributed by atoms with Crippen LogP contribution in [0, 0.1) is 6.92 Å². The Morgan fingerprint density at radius 3 is 2.75 bits per heavy atom. The number of aldehydes is 1. The number of aromatic nitrogens is 1. The number of rotatable bonds is 3. The number of carbonyl (C=O) groups excluding carboxylic acids is 2. The SMILES string of the molecule is Cc1sc(C=O)cc1C(=O)c1ccn(C)c1. The molecular weight excluding hydrogens is 222 g/mol. The highest BCUT2D eigenvalue weighted by Crippen LogP contribution is 2.22. The van der Waals surface area contributed by atoms with Gasteiger partial charge in [0, 0.05) is 35.4 Å². The van der Waals surface area contributed by atoms with E-state index < -0.39 is 0 Å². The Morgan fingerprint density at radius 1 is 1.50 bits per heavy atom. The largest absolute Gasteiger partial charge is 0.357 e. The molecule has 0 aliphatic rings. The van der Waals surface area contributed by atoms with Crippen molar-refractivity contribution in [3.05, 3.63) is 45.4 Å². The molecule has 82 valence electrons. The van der Waals surface area contributed by atoms with Gasteiger partial charge in [-0.05, 0) is 19.1 Å². The van der Waals surface area contributed by atoms with Crippen LogP contribution in [-0.4, -0.2) is 16.6 Å². The van der Waals surface area contributed by atoms with Gasteiger partial charge in [-0.1, -0.05) is 0 Å². The Balaban J connectivity index is 2.40. The molecule has 4 heteroatoms. The highest BCUT2D eigenvalue weighted by atomic mass is 32.1. The lowest BCUT2D eigenvalue weighted by molar-refractivity contribution is 0.103. The number of carbonyl (C=O) groups is 2. The third kappa shape index (κ3) is 1.84. The van der Waals surface area contributed by atoms with E-state index in [4.69, 9.17) is 0 Å². The fraction of sp³-hybridized carbons (Fsp3) is 0.167. The van der Waals surface area contributed by atoms with Gasteiger partial charge in [-0.25, -0.2) is 0 Å². The minimum absolute atomic E-state index is 0.0255. The van der Waals surface area contributed by atoms with E-state index in [1.165, 1.54) is 11.3 Å². The van der Waals surface area contributed by atoms with E-state index in [0.717, 1.165) is 11.2 Å². The molecule has 2 aromatic heterocycles. The molecule has 16 heavy (non-hydrogen) atoms. The summed E-state index contributed by atoms with van der Waals surface area (Å²) in [7, 11) is 1.87. The zero-order valence-electron chi connectivity index (χ0n) is 9.06. The Bertz CT molecular complexity index is 551. The molecule has 0 spiro atoms. The van der Waals surface area contributed by atoms with Crippen molar-refractivity contribution < 1.29 is 9.59 Å². The second kappa shape index (κ2) is 4.06. The highest BCUT2D eigenvalue weighted by Gasteiger charge is 2.15. The molecule has 0 amide bonds. The Kier molecular flexibility index (Phi) is 2.75. The molecule has 0 radical (unpaired) electrons. The zero-order chi connectivity index (χ0) is 11.7. The quantitative estimate of drug-likeness (QED) is 0.603. The first-order valence-corrected chi connectivity index (χ1v) is 5.65. The van der Waals surface area contributed by atoms with Crippen molar-refractivity contribution in [2.24, 2.45) is 7.05 Å². The minimum Gasteiger partial charge on any atom is -0.357 e. The van der Waals surface area contributed by atoms with Gasteiger partial charge in [-0.15, -0.1) is 11.3 Å². The first-order valence-electron chi connectivity index (χ1n) is 4.84. The first kappa shape index (κ1) is 10.8. The fourth-order valence-electron chi connectivity index (χ4n) is 1.58. The molecule has 0 unspecified atom stereocenters. The maximum Gasteiger partial charge on any atom is 0.195 e. The van der Waals surface area contributed by atoms with Gasteiger partial charge in [0.1, 0.15) is 0 Å². The van der Waals surface area contributed by atoms with E-state index in [9.17, 15) is 9.59 Å². The predicted octanol–water partition coefficient (Wildman–Crippen LogP) is 2.44. The molecule has 3 nitrogen and oxygen atoms in total. The fourth-order valence-corrected chi connectivity index (χ4v) is 2.42. The van der Waals surface area contributed by atoms with E-state index in [1.54, 1.807) is 18.3 Å². The molecule has 0 saturated carbocycles. The van der Waals surface area contributed by atoms with Crippen molar-refractivity contribution in [1.29, 1.82) is 0 Å². The standard InChI is InChI=1S/C12H11NO2S/c1-8-11(5-10(7-14)16-8)12(15)9-3-4-13(2)6-9/h3-7H,1-2H3. The lowest BCUT2D eigenvalue weighted by Crippen LogP contribution is -1.99. The third-order valence-electron chi connectivity index (χ3n) is 2.39. The second-order valence-corrected chi connectivity index (χ2v) is 4.92. The molecule has 2 heterocycles. The van der Waals surface area contributed by atoms with Crippen molar-refractivity contribution in [2.45, 2.75) is 6.92 Å². The second-order valence-electron chi connectivity index (χ2n) is 3.63. The molecule has 0 bridgehead atoms. The number of hydrogen-bond donors (Lipinski definition) is 0. The van der Waals surface area contributed by atoms with Crippen molar-refractivity contribution in [1.82, 2.24) is 4.57 Å². The van der Waals surface area contributed by atoms with E-state index in [-0.39, 0.29) is 5.78 Å². The molecule has 0 atom stereocenters. The number of thiophene rings is 1. The van der Waals surface area contributed by atoms with Crippen LogP contribution in [0.25, 0.3) is 0 Å². The molecule has 0 aliphatic heterocycles. The summed E-state index contributed by atoms with van der Waals surface area (Å²) in [4.78, 5) is 24.2. The van der Waals surface area contributed by atoms with Crippen LogP contribution in [0.4, 0.5) is 0 Å². The van der Waals surface area contributed by atoms with Gasteiger partial charge in [0.2, 0.25) is 0 Å². The lowest BCUT2D eigenvalue weighted by atomic mass is 10.1. The Morgan fingerprint density at radius 2 is 2.25 bits per heavy atom. The van der Waals surface area contributed by atoms with Crippen LogP contribution in [0.1, 0.15) is 30.5 Å². The Hall–Kier alpha value is -1.68. The van der Waals surface area contributed by atoms with Gasteiger partial charge in [0.25, 0.3) is 0 Å². The van der Waals surface area contributed by atoms with Crippen molar-refractivity contribution >= 4 is 23.4 Å². The average Bonchev–Trinajstić information content (AvgIpc) is 2.83. The Labute approximate surface area is 97.3 Å². The van der Waals surface area contributed by atoms with Gasteiger partial charge < -0.3 is 4.57 Å². The van der Waals surface area contributed by atoms with E-state index in [0.29, 0.717) is 16.0 Å². The number of aryl methyl sites for hydroxylation is 2. The molecule has 2 rings (SSSR count). The van der Waals surface area contributed by atoms with Gasteiger partial charge in [0.15, 0.2) is 12.1 Å². The zero-order valence-corrected chi connectivity index (χ0v) is 9.88. The van der Waals surface area contributed by atoms with Crippen LogP contribution in [-0.2, 0) is 7.05 Å². The van der Waals surface area contributed by atoms with Crippen molar-refractivity contribution in [3.63, 3.8) is 0 Å². The molecule has 0 N–H and O–H groups in total. The summed E-state index contributed by atoms with van der Waals surface area (Å²) in [6.07, 6.45) is 4.38. The van der Waals surface area contributed by atoms with E-state index >= 15 is 0 Å². The smallest absolute Gasteiger partial charge is 0.195 e. The van der Waals surface area contributed by atoms with Crippen LogP contribution >= 0.6 is 11.3 Å². The van der Waals surface area contributed by atoms with Crippen LogP contribution in [0.2, 0.25) is 0 Å². The number of hydrogen-bond acceptors (Lipinski definition) is 3. The average molecular weight is 233 g/mol. The van der Waals surface area contributed by atoms with Crippen LogP contribution in [0.15, 0.2) is 24.5 Å². The van der Waals surface area contributed by atoms with E-state index in [2.05, 4.69) is 0 Å². The summed E-state index contributed by atoms with van der Waals surface area (Å²) in [6, 6.07) is 3.43. The lowest BCUT2D eigenvalue weighted by Gasteiger charge is -1.95. The maximum absolute atomic E-state index is 12.1. The van der Waals surface area contributed by atoms with Crippen molar-refractivity contribution in [2.75, 3.05) is 0 Å². The number of nitrogens with zero attached hydrogens (tertiary/aromatic N) is 1. The first-order chi connectivity index (χ1) is 7.61. The summed E-state index contributed by atoms with van der Waals surface area (Å²) in [6.45, 7) is 1.86. The van der Waals surface area contributed by atoms with E-state index in [1.807, 2.05) is 24.7 Å². The summed E-state index contributed by atoms with van der Waals surface area (Å²) < 4.78 is 1.83. The highest BCUT2D eigenvalue weighted by molar-refractivity contribution is 7.14. The minimum atomic E-state index is -0.0255. The third-order valence-corrected chi connectivity index (χ3v) is 3.37. The van der Waals surface area contributed by atoms with Gasteiger partial charge in [-0.2, -0.15) is 0 Å². The van der Waals surface area contributed by atoms with Crippen LogP contribution in [0.3, 0.4) is 0 Å². The summed E-state index contributed by atoms with van der Waals surface area (Å²) in [5.74, 6) is -0.0255. The molecule has 0 saturated heterocycles. The molecule has 2 aromatic rings. The normalized spacial score (nSPS) is 10.4. The molecule has 0 aromatic carbocycles. The summed E-state index contributed by atoms with van der Waals surface area (Å²) in [5.41, 5.74) is 1.28. The van der Waals surface area contributed by atoms with Gasteiger partial charge >= 0.3 is 0 Å². The molecular formula is C12H11NO2S. The summed E-state index contributed by atoms with van der Waals surface area (Å²) in [5, 5.41) is 0. The summed E-state index contributed by atoms with van der Waals surface area (Å²) >= 11 is 1.35. The predicted molar refractivity (Wildman–Crippen MR) is 63.3 cm³/mol. The molecule has 0 fully saturated rings. The molecule has 0 aliphatic carbocycles. The van der Waals surface area contributed by atoms with Crippen LogP contribution in [0.5, 0.6) is 0 Å². The van der Waals surface area contributed by atoms with Crippen molar-refractivity contribution in [3.8, 4) is 0 Å².